The summed E-state index contributed by atoms with van der Waals surface area (Å²) in [6, 6.07) is 5.28. The lowest BCUT2D eigenvalue weighted by atomic mass is 9.95. The van der Waals surface area contributed by atoms with E-state index in [0.717, 1.165) is 18.5 Å². The second kappa shape index (κ2) is 6.98. The minimum atomic E-state index is -0.366. The Morgan fingerprint density at radius 2 is 1.67 bits per heavy atom. The van der Waals surface area contributed by atoms with Crippen molar-refractivity contribution in [2.24, 2.45) is 11.8 Å². The van der Waals surface area contributed by atoms with Crippen LogP contribution < -0.4 is 5.32 Å². The van der Waals surface area contributed by atoms with Gasteiger partial charge in [0.1, 0.15) is 5.82 Å². The van der Waals surface area contributed by atoms with Crippen LogP contribution in [0.2, 0.25) is 5.02 Å². The molecule has 0 aliphatic rings. The van der Waals surface area contributed by atoms with Gasteiger partial charge in [-0.05, 0) is 42.9 Å². The third kappa shape index (κ3) is 5.26. The van der Waals surface area contributed by atoms with Crippen molar-refractivity contribution in [1.29, 1.82) is 0 Å². The zero-order valence-corrected chi connectivity index (χ0v) is 12.4. The number of rotatable bonds is 6. The Labute approximate surface area is 115 Å². The Morgan fingerprint density at radius 1 is 1.11 bits per heavy atom. The Bertz CT molecular complexity index is 367. The van der Waals surface area contributed by atoms with Crippen LogP contribution in [0.1, 0.15) is 40.5 Å². The van der Waals surface area contributed by atoms with Gasteiger partial charge in [-0.2, -0.15) is 0 Å². The van der Waals surface area contributed by atoms with Crippen LogP contribution in [0.15, 0.2) is 18.2 Å². The average molecular weight is 272 g/mol. The number of hydrogen-bond donors (Lipinski definition) is 1. The molecule has 1 nitrogen and oxygen atoms in total. The van der Waals surface area contributed by atoms with Crippen LogP contribution in [-0.4, -0.2) is 6.04 Å². The third-order valence-electron chi connectivity index (χ3n) is 2.80. The molecule has 0 aromatic heterocycles. The van der Waals surface area contributed by atoms with E-state index in [0.29, 0.717) is 17.9 Å². The van der Waals surface area contributed by atoms with E-state index in [1.54, 1.807) is 6.07 Å². The van der Waals surface area contributed by atoms with Gasteiger partial charge in [0.2, 0.25) is 0 Å². The van der Waals surface area contributed by atoms with E-state index in [4.69, 9.17) is 11.6 Å². The highest BCUT2D eigenvalue weighted by Gasteiger charge is 2.13. The van der Waals surface area contributed by atoms with E-state index in [2.05, 4.69) is 33.0 Å². The van der Waals surface area contributed by atoms with Crippen molar-refractivity contribution in [3.63, 3.8) is 0 Å². The SMILES string of the molecule is CC(C)CC(CC(C)C)Nc1ccc(Cl)c(F)c1. The molecule has 0 fully saturated rings. The summed E-state index contributed by atoms with van der Waals surface area (Å²) >= 11 is 5.68. The van der Waals surface area contributed by atoms with Gasteiger partial charge in [-0.3, -0.25) is 0 Å². The highest BCUT2D eigenvalue weighted by Crippen LogP contribution is 2.22. The first-order valence-corrected chi connectivity index (χ1v) is 6.98. The van der Waals surface area contributed by atoms with Crippen LogP contribution in [0.3, 0.4) is 0 Å². The average Bonchev–Trinajstić information content (AvgIpc) is 2.21. The molecule has 1 rings (SSSR count). The van der Waals surface area contributed by atoms with E-state index in [9.17, 15) is 4.39 Å². The van der Waals surface area contributed by atoms with Crippen molar-refractivity contribution in [1.82, 2.24) is 0 Å². The lowest BCUT2D eigenvalue weighted by Gasteiger charge is -2.23. The van der Waals surface area contributed by atoms with E-state index in [-0.39, 0.29) is 10.8 Å². The summed E-state index contributed by atoms with van der Waals surface area (Å²) < 4.78 is 13.4. The maximum absolute atomic E-state index is 13.4. The fraction of sp³-hybridized carbons (Fsp3) is 0.600. The predicted octanol–water partition coefficient (Wildman–Crippen LogP) is 5.35. The van der Waals surface area contributed by atoms with Crippen molar-refractivity contribution >= 4 is 17.3 Å². The molecule has 0 atom stereocenters. The molecule has 1 aromatic carbocycles. The summed E-state index contributed by atoms with van der Waals surface area (Å²) in [6.07, 6.45) is 2.17. The normalized spacial score (nSPS) is 11.6. The molecule has 0 heterocycles. The molecule has 0 aliphatic carbocycles. The molecule has 0 saturated carbocycles. The number of nitrogens with one attached hydrogen (secondary N) is 1. The Balaban J connectivity index is 2.71. The van der Waals surface area contributed by atoms with Gasteiger partial charge in [0.15, 0.2) is 0 Å². The molecule has 1 aromatic rings. The minimum absolute atomic E-state index is 0.171. The number of benzene rings is 1. The van der Waals surface area contributed by atoms with Crippen molar-refractivity contribution in [3.05, 3.63) is 29.0 Å². The second-order valence-corrected chi connectivity index (χ2v) is 6.14. The fourth-order valence-electron chi connectivity index (χ4n) is 2.17. The number of halogens is 2. The van der Waals surface area contributed by atoms with Gasteiger partial charge in [0, 0.05) is 11.7 Å². The van der Waals surface area contributed by atoms with Gasteiger partial charge in [0.05, 0.1) is 5.02 Å². The molecule has 3 heteroatoms. The molecule has 102 valence electrons. The maximum Gasteiger partial charge on any atom is 0.143 e. The van der Waals surface area contributed by atoms with Gasteiger partial charge < -0.3 is 5.32 Å². The predicted molar refractivity (Wildman–Crippen MR) is 77.7 cm³/mol. The highest BCUT2D eigenvalue weighted by molar-refractivity contribution is 6.30. The molecule has 1 N–H and O–H groups in total. The molecular formula is C15H23ClFN. The van der Waals surface area contributed by atoms with Gasteiger partial charge in [0.25, 0.3) is 0 Å². The van der Waals surface area contributed by atoms with Crippen LogP contribution in [-0.2, 0) is 0 Å². The summed E-state index contributed by atoms with van der Waals surface area (Å²) in [5.41, 5.74) is 0.809. The van der Waals surface area contributed by atoms with Crippen LogP contribution in [0.5, 0.6) is 0 Å². The summed E-state index contributed by atoms with van der Waals surface area (Å²) in [7, 11) is 0. The van der Waals surface area contributed by atoms with E-state index in [1.165, 1.54) is 6.07 Å². The lowest BCUT2D eigenvalue weighted by Crippen LogP contribution is -2.23. The highest BCUT2D eigenvalue weighted by atomic mass is 35.5. The molecular weight excluding hydrogens is 249 g/mol. The molecule has 0 radical (unpaired) electrons. The molecule has 0 bridgehead atoms. The van der Waals surface area contributed by atoms with Crippen LogP contribution in [0, 0.1) is 17.7 Å². The van der Waals surface area contributed by atoms with E-state index >= 15 is 0 Å². The third-order valence-corrected chi connectivity index (χ3v) is 3.11. The summed E-state index contributed by atoms with van der Waals surface area (Å²) in [5, 5.41) is 3.58. The second-order valence-electron chi connectivity index (χ2n) is 5.73. The van der Waals surface area contributed by atoms with Crippen molar-refractivity contribution in [2.75, 3.05) is 5.32 Å². The number of anilines is 1. The van der Waals surface area contributed by atoms with Crippen LogP contribution >= 0.6 is 11.6 Å². The lowest BCUT2D eigenvalue weighted by molar-refractivity contribution is 0.442. The van der Waals surface area contributed by atoms with Crippen molar-refractivity contribution in [2.45, 2.75) is 46.6 Å². The summed E-state index contributed by atoms with van der Waals surface area (Å²) in [4.78, 5) is 0. The van der Waals surface area contributed by atoms with Gasteiger partial charge >= 0.3 is 0 Å². The molecule has 0 saturated heterocycles. The minimum Gasteiger partial charge on any atom is -0.382 e. The monoisotopic (exact) mass is 271 g/mol. The number of hydrogen-bond acceptors (Lipinski definition) is 1. The molecule has 0 amide bonds. The summed E-state index contributed by atoms with van der Waals surface area (Å²) in [6.45, 7) is 8.82. The van der Waals surface area contributed by atoms with Crippen LogP contribution in [0.25, 0.3) is 0 Å². The molecule has 0 unspecified atom stereocenters. The fourth-order valence-corrected chi connectivity index (χ4v) is 2.29. The quantitative estimate of drug-likeness (QED) is 0.735. The largest absolute Gasteiger partial charge is 0.382 e. The van der Waals surface area contributed by atoms with Crippen molar-refractivity contribution < 1.29 is 4.39 Å². The van der Waals surface area contributed by atoms with E-state index < -0.39 is 0 Å². The molecule has 0 spiro atoms. The zero-order valence-electron chi connectivity index (χ0n) is 11.6. The van der Waals surface area contributed by atoms with E-state index in [1.807, 2.05) is 6.07 Å². The Kier molecular flexibility index (Phi) is 5.94. The van der Waals surface area contributed by atoms with Gasteiger partial charge in [-0.1, -0.05) is 39.3 Å². The maximum atomic E-state index is 13.4. The molecule has 18 heavy (non-hydrogen) atoms. The smallest absolute Gasteiger partial charge is 0.143 e. The van der Waals surface area contributed by atoms with Gasteiger partial charge in [-0.15, -0.1) is 0 Å². The van der Waals surface area contributed by atoms with Crippen molar-refractivity contribution in [3.8, 4) is 0 Å². The van der Waals surface area contributed by atoms with Crippen LogP contribution in [0.4, 0.5) is 10.1 Å². The van der Waals surface area contributed by atoms with Gasteiger partial charge in [-0.25, -0.2) is 4.39 Å². The standard InChI is InChI=1S/C15H23ClFN/c1-10(2)7-13(8-11(3)4)18-12-5-6-14(16)15(17)9-12/h5-6,9-11,13,18H,7-8H2,1-4H3. The Morgan fingerprint density at radius 3 is 2.11 bits per heavy atom. The topological polar surface area (TPSA) is 12.0 Å². The zero-order chi connectivity index (χ0) is 13.7. The first-order valence-electron chi connectivity index (χ1n) is 6.60. The first-order chi connectivity index (χ1) is 8.38. The molecule has 0 aliphatic heterocycles. The first kappa shape index (κ1) is 15.3. The Hall–Kier alpha value is -0.760. The summed E-state index contributed by atoms with van der Waals surface area (Å²) in [5.74, 6) is 0.881.